The van der Waals surface area contributed by atoms with E-state index < -0.39 is 5.97 Å². The molecule has 0 aromatic carbocycles. The highest BCUT2D eigenvalue weighted by Gasteiger charge is 2.35. The first-order valence-electron chi connectivity index (χ1n) is 7.82. The van der Waals surface area contributed by atoms with E-state index in [-0.39, 0.29) is 23.9 Å². The molecule has 20 heavy (non-hydrogen) atoms. The molecule has 0 aromatic rings. The van der Waals surface area contributed by atoms with Crippen molar-refractivity contribution in [3.8, 4) is 0 Å². The SMILES string of the molecule is CCC1(CNC(=O)N(CCC(=O)O)C2CC2)CCCC1. The van der Waals surface area contributed by atoms with Crippen LogP contribution >= 0.6 is 0 Å². The van der Waals surface area contributed by atoms with Crippen LogP contribution in [0.2, 0.25) is 0 Å². The molecular weight excluding hydrogens is 256 g/mol. The molecule has 2 amide bonds. The topological polar surface area (TPSA) is 69.6 Å². The number of carboxylic acid groups (broad SMARTS) is 1. The largest absolute Gasteiger partial charge is 0.481 e. The van der Waals surface area contributed by atoms with Crippen LogP contribution in [0, 0.1) is 5.41 Å². The first-order chi connectivity index (χ1) is 9.56. The van der Waals surface area contributed by atoms with Gasteiger partial charge in [0.05, 0.1) is 6.42 Å². The first kappa shape index (κ1) is 15.1. The second kappa shape index (κ2) is 6.46. The molecule has 2 saturated carbocycles. The molecule has 0 atom stereocenters. The third-order valence-electron chi connectivity index (χ3n) is 4.84. The Morgan fingerprint density at radius 1 is 1.30 bits per heavy atom. The van der Waals surface area contributed by atoms with Gasteiger partial charge in [-0.25, -0.2) is 4.79 Å². The van der Waals surface area contributed by atoms with Crippen molar-refractivity contribution in [3.05, 3.63) is 0 Å². The van der Waals surface area contributed by atoms with Gasteiger partial charge in [-0.3, -0.25) is 4.79 Å². The zero-order valence-electron chi connectivity index (χ0n) is 12.4. The Labute approximate surface area is 120 Å². The van der Waals surface area contributed by atoms with E-state index in [1.54, 1.807) is 4.90 Å². The smallest absolute Gasteiger partial charge is 0.317 e. The normalized spacial score (nSPS) is 20.6. The third-order valence-corrected chi connectivity index (χ3v) is 4.84. The van der Waals surface area contributed by atoms with Crippen molar-refractivity contribution in [1.29, 1.82) is 0 Å². The minimum Gasteiger partial charge on any atom is -0.481 e. The minimum absolute atomic E-state index is 0.0306. The molecule has 2 aliphatic rings. The number of carboxylic acids is 1. The van der Waals surface area contributed by atoms with Gasteiger partial charge in [0.15, 0.2) is 0 Å². The third kappa shape index (κ3) is 3.87. The van der Waals surface area contributed by atoms with Crippen molar-refractivity contribution in [2.45, 2.75) is 64.3 Å². The summed E-state index contributed by atoms with van der Waals surface area (Å²) < 4.78 is 0. The molecule has 5 heteroatoms. The second-order valence-electron chi connectivity index (χ2n) is 6.29. The summed E-state index contributed by atoms with van der Waals surface area (Å²) in [7, 11) is 0. The van der Waals surface area contributed by atoms with E-state index >= 15 is 0 Å². The van der Waals surface area contributed by atoms with E-state index in [1.807, 2.05) is 0 Å². The summed E-state index contributed by atoms with van der Waals surface area (Å²) in [6.07, 6.45) is 8.06. The zero-order chi connectivity index (χ0) is 14.6. The van der Waals surface area contributed by atoms with Gasteiger partial charge in [0, 0.05) is 19.1 Å². The molecule has 0 saturated heterocycles. The van der Waals surface area contributed by atoms with E-state index in [9.17, 15) is 9.59 Å². The molecule has 2 fully saturated rings. The van der Waals surface area contributed by atoms with Gasteiger partial charge in [-0.05, 0) is 37.5 Å². The average Bonchev–Trinajstić information content (AvgIpc) is 3.15. The molecule has 0 heterocycles. The summed E-state index contributed by atoms with van der Waals surface area (Å²) in [5.41, 5.74) is 0.275. The summed E-state index contributed by atoms with van der Waals surface area (Å²) in [4.78, 5) is 24.7. The van der Waals surface area contributed by atoms with Crippen LogP contribution in [-0.2, 0) is 4.79 Å². The van der Waals surface area contributed by atoms with Gasteiger partial charge in [-0.1, -0.05) is 19.8 Å². The fourth-order valence-corrected chi connectivity index (χ4v) is 3.20. The average molecular weight is 282 g/mol. The van der Waals surface area contributed by atoms with Crippen LogP contribution in [0.4, 0.5) is 4.79 Å². The van der Waals surface area contributed by atoms with Crippen molar-refractivity contribution in [2.24, 2.45) is 5.41 Å². The Balaban J connectivity index is 1.83. The van der Waals surface area contributed by atoms with Crippen LogP contribution in [0.15, 0.2) is 0 Å². The number of urea groups is 1. The molecule has 0 aliphatic heterocycles. The minimum atomic E-state index is -0.843. The molecule has 2 N–H and O–H groups in total. The predicted octanol–water partition coefficient (Wildman–Crippen LogP) is 2.61. The first-order valence-corrected chi connectivity index (χ1v) is 7.82. The fourth-order valence-electron chi connectivity index (χ4n) is 3.20. The molecule has 0 bridgehead atoms. The van der Waals surface area contributed by atoms with Crippen LogP contribution in [0.25, 0.3) is 0 Å². The van der Waals surface area contributed by atoms with Crippen LogP contribution in [0.3, 0.4) is 0 Å². The number of nitrogens with zero attached hydrogens (tertiary/aromatic N) is 1. The molecule has 0 aromatic heterocycles. The summed E-state index contributed by atoms with van der Waals surface area (Å²) in [5, 5.41) is 11.8. The van der Waals surface area contributed by atoms with Crippen LogP contribution < -0.4 is 5.32 Å². The summed E-state index contributed by atoms with van der Waals surface area (Å²) >= 11 is 0. The number of carbonyl (C=O) groups excluding carboxylic acids is 1. The number of aliphatic carboxylic acids is 1. The summed E-state index contributed by atoms with van der Waals surface area (Å²) in [5.74, 6) is -0.843. The van der Waals surface area contributed by atoms with Crippen LogP contribution in [0.5, 0.6) is 0 Å². The number of amides is 2. The molecular formula is C15H26N2O3. The van der Waals surface area contributed by atoms with E-state index in [0.29, 0.717) is 6.54 Å². The Morgan fingerprint density at radius 3 is 2.45 bits per heavy atom. The van der Waals surface area contributed by atoms with Gasteiger partial charge in [0.25, 0.3) is 0 Å². The predicted molar refractivity (Wildman–Crippen MR) is 76.6 cm³/mol. The Bertz CT molecular complexity index is 360. The van der Waals surface area contributed by atoms with E-state index in [2.05, 4.69) is 12.2 Å². The van der Waals surface area contributed by atoms with Gasteiger partial charge < -0.3 is 15.3 Å². The summed E-state index contributed by atoms with van der Waals surface area (Å²) in [6.45, 7) is 3.25. The van der Waals surface area contributed by atoms with Crippen molar-refractivity contribution >= 4 is 12.0 Å². The van der Waals surface area contributed by atoms with Gasteiger partial charge in [-0.15, -0.1) is 0 Å². The molecule has 0 unspecified atom stereocenters. The highest BCUT2D eigenvalue weighted by molar-refractivity contribution is 5.76. The number of rotatable bonds is 7. The zero-order valence-corrected chi connectivity index (χ0v) is 12.4. The van der Waals surface area contributed by atoms with Gasteiger partial charge in [0.2, 0.25) is 0 Å². The van der Waals surface area contributed by atoms with Crippen molar-refractivity contribution in [1.82, 2.24) is 10.2 Å². The standard InChI is InChI=1S/C15H26N2O3/c1-2-15(8-3-4-9-15)11-16-14(20)17(12-5-6-12)10-7-13(18)19/h12H,2-11H2,1H3,(H,16,20)(H,18,19). The molecule has 5 nitrogen and oxygen atoms in total. The lowest BCUT2D eigenvalue weighted by Gasteiger charge is -2.30. The Morgan fingerprint density at radius 2 is 1.95 bits per heavy atom. The number of hydrogen-bond donors (Lipinski definition) is 2. The fraction of sp³-hybridized carbons (Fsp3) is 0.867. The molecule has 114 valence electrons. The van der Waals surface area contributed by atoms with Gasteiger partial charge in [0.1, 0.15) is 0 Å². The van der Waals surface area contributed by atoms with Crippen molar-refractivity contribution < 1.29 is 14.7 Å². The quantitative estimate of drug-likeness (QED) is 0.754. The lowest BCUT2D eigenvalue weighted by molar-refractivity contribution is -0.137. The molecule has 0 radical (unpaired) electrons. The van der Waals surface area contributed by atoms with E-state index in [4.69, 9.17) is 5.11 Å². The lowest BCUT2D eigenvalue weighted by Crippen LogP contribution is -2.46. The van der Waals surface area contributed by atoms with Crippen molar-refractivity contribution in [2.75, 3.05) is 13.1 Å². The van der Waals surface area contributed by atoms with Gasteiger partial charge in [-0.2, -0.15) is 0 Å². The number of carbonyl (C=O) groups is 2. The van der Waals surface area contributed by atoms with E-state index in [1.165, 1.54) is 25.7 Å². The Hall–Kier alpha value is -1.26. The number of nitrogens with one attached hydrogen (secondary N) is 1. The second-order valence-corrected chi connectivity index (χ2v) is 6.29. The highest BCUT2D eigenvalue weighted by atomic mass is 16.4. The maximum Gasteiger partial charge on any atom is 0.317 e. The summed E-state index contributed by atoms with van der Waals surface area (Å²) in [6, 6.07) is 0.184. The van der Waals surface area contributed by atoms with Crippen LogP contribution in [0.1, 0.15) is 58.3 Å². The van der Waals surface area contributed by atoms with E-state index in [0.717, 1.165) is 25.8 Å². The maximum atomic E-state index is 12.3. The highest BCUT2D eigenvalue weighted by Crippen LogP contribution is 2.40. The van der Waals surface area contributed by atoms with Gasteiger partial charge >= 0.3 is 12.0 Å². The molecule has 0 spiro atoms. The number of hydrogen-bond acceptors (Lipinski definition) is 2. The molecule has 2 aliphatic carbocycles. The van der Waals surface area contributed by atoms with Crippen molar-refractivity contribution in [3.63, 3.8) is 0 Å². The Kier molecular flexibility index (Phi) is 4.89. The maximum absolute atomic E-state index is 12.3. The monoisotopic (exact) mass is 282 g/mol. The van der Waals surface area contributed by atoms with Crippen LogP contribution in [-0.4, -0.2) is 41.1 Å². The lowest BCUT2D eigenvalue weighted by atomic mass is 9.83. The molecule has 2 rings (SSSR count).